The number of para-hydroxylation sites is 1. The minimum Gasteiger partial charge on any atom is -0.397 e. The van der Waals surface area contributed by atoms with Crippen molar-refractivity contribution in [2.75, 3.05) is 5.73 Å². The molecule has 3 N–H and O–H groups in total. The molecule has 0 unspecified atom stereocenters. The van der Waals surface area contributed by atoms with Crippen LogP contribution >= 0.6 is 15.9 Å². The van der Waals surface area contributed by atoms with Crippen LogP contribution in [0.4, 0.5) is 5.69 Å². The van der Waals surface area contributed by atoms with E-state index in [4.69, 9.17) is 11.1 Å². The molecule has 1 aromatic rings. The van der Waals surface area contributed by atoms with Crippen LogP contribution < -0.4 is 5.73 Å². The van der Waals surface area contributed by atoms with Gasteiger partial charge in [0.1, 0.15) is 0 Å². The highest BCUT2D eigenvalue weighted by molar-refractivity contribution is 9.10. The Hall–Kier alpha value is -0.830. The van der Waals surface area contributed by atoms with Gasteiger partial charge >= 0.3 is 0 Å². The highest BCUT2D eigenvalue weighted by Gasteiger charge is 1.97. The van der Waals surface area contributed by atoms with E-state index in [0.29, 0.717) is 5.69 Å². The van der Waals surface area contributed by atoms with E-state index in [1.165, 1.54) is 6.21 Å². The topological polar surface area (TPSA) is 49.9 Å². The average Bonchev–Trinajstić information content (AvgIpc) is 1.95. The molecule has 1 rings (SSSR count). The molecule has 2 nitrogen and oxygen atoms in total. The van der Waals surface area contributed by atoms with Crippen molar-refractivity contribution in [2.45, 2.75) is 0 Å². The van der Waals surface area contributed by atoms with Crippen LogP contribution in [0.5, 0.6) is 0 Å². The molecule has 0 spiro atoms. The van der Waals surface area contributed by atoms with Gasteiger partial charge < -0.3 is 11.1 Å². The number of benzene rings is 1. The number of anilines is 1. The first kappa shape index (κ1) is 7.28. The van der Waals surface area contributed by atoms with Gasteiger partial charge in [0, 0.05) is 16.3 Å². The van der Waals surface area contributed by atoms with Crippen molar-refractivity contribution in [2.24, 2.45) is 0 Å². The third kappa shape index (κ3) is 1.19. The van der Waals surface area contributed by atoms with Gasteiger partial charge in [-0.25, -0.2) is 0 Å². The van der Waals surface area contributed by atoms with Crippen LogP contribution in [-0.2, 0) is 0 Å². The lowest BCUT2D eigenvalue weighted by molar-refractivity contribution is 1.52. The summed E-state index contributed by atoms with van der Waals surface area (Å²) in [6.07, 6.45) is 1.24. The van der Waals surface area contributed by atoms with Gasteiger partial charge in [-0.3, -0.25) is 0 Å². The Morgan fingerprint density at radius 2 is 2.20 bits per heavy atom. The molecule has 3 heteroatoms. The maximum atomic E-state index is 6.96. The number of hydrogen-bond acceptors (Lipinski definition) is 2. The van der Waals surface area contributed by atoms with Crippen LogP contribution in [0.3, 0.4) is 0 Å². The summed E-state index contributed by atoms with van der Waals surface area (Å²) in [5.74, 6) is 0. The quantitative estimate of drug-likeness (QED) is 0.527. The van der Waals surface area contributed by atoms with E-state index in [0.717, 1.165) is 10.0 Å². The molecular formula is C7H7BrN2. The molecule has 0 atom stereocenters. The second-order valence-electron chi connectivity index (χ2n) is 1.89. The highest BCUT2D eigenvalue weighted by atomic mass is 79.9. The van der Waals surface area contributed by atoms with Gasteiger partial charge in [-0.05, 0) is 22.0 Å². The number of nitrogens with one attached hydrogen (secondary N) is 1. The third-order valence-corrected chi connectivity index (χ3v) is 1.93. The third-order valence-electron chi connectivity index (χ3n) is 1.24. The van der Waals surface area contributed by atoms with Crippen molar-refractivity contribution in [3.05, 3.63) is 28.2 Å². The van der Waals surface area contributed by atoms with Crippen molar-refractivity contribution >= 4 is 27.8 Å². The maximum Gasteiger partial charge on any atom is 0.0547 e. The van der Waals surface area contributed by atoms with Crippen LogP contribution in [-0.4, -0.2) is 6.21 Å². The predicted octanol–water partition coefficient (Wildman–Crippen LogP) is 2.03. The molecule has 0 bridgehead atoms. The molecule has 1 aromatic carbocycles. The molecular weight excluding hydrogens is 192 g/mol. The first-order valence-electron chi connectivity index (χ1n) is 2.80. The molecule has 0 radical (unpaired) electrons. The normalized spacial score (nSPS) is 9.30. The SMILES string of the molecule is N=Cc1cccc(Br)c1N. The summed E-state index contributed by atoms with van der Waals surface area (Å²) in [6, 6.07) is 5.50. The lowest BCUT2D eigenvalue weighted by atomic mass is 10.2. The number of nitrogen functional groups attached to an aromatic ring is 1. The molecule has 0 aromatic heterocycles. The Bertz CT molecular complexity index is 258. The van der Waals surface area contributed by atoms with Crippen LogP contribution in [0.1, 0.15) is 5.56 Å². The van der Waals surface area contributed by atoms with Gasteiger partial charge in [0.15, 0.2) is 0 Å². The summed E-state index contributed by atoms with van der Waals surface area (Å²) in [5, 5.41) is 6.96. The van der Waals surface area contributed by atoms with Gasteiger partial charge in [0.05, 0.1) is 5.69 Å². The second kappa shape index (κ2) is 2.84. The predicted molar refractivity (Wildman–Crippen MR) is 46.4 cm³/mol. The zero-order valence-electron chi connectivity index (χ0n) is 5.26. The molecule has 0 fully saturated rings. The van der Waals surface area contributed by atoms with Crippen molar-refractivity contribution in [3.8, 4) is 0 Å². The van der Waals surface area contributed by atoms with Crippen LogP contribution in [0.25, 0.3) is 0 Å². The molecule has 0 saturated heterocycles. The van der Waals surface area contributed by atoms with Crippen molar-refractivity contribution in [1.29, 1.82) is 5.41 Å². The summed E-state index contributed by atoms with van der Waals surface area (Å²) in [5.41, 5.74) is 6.96. The van der Waals surface area contributed by atoms with Gasteiger partial charge in [-0.15, -0.1) is 0 Å². The zero-order chi connectivity index (χ0) is 7.56. The Morgan fingerprint density at radius 3 is 2.70 bits per heavy atom. The van der Waals surface area contributed by atoms with Crippen molar-refractivity contribution in [1.82, 2.24) is 0 Å². The minimum atomic E-state index is 0.623. The lowest BCUT2D eigenvalue weighted by Crippen LogP contribution is -1.92. The standard InChI is InChI=1S/C7H7BrN2/c8-6-3-1-2-5(4-9)7(6)10/h1-4,9H,10H2. The summed E-state index contributed by atoms with van der Waals surface area (Å²) in [6.45, 7) is 0. The van der Waals surface area contributed by atoms with Gasteiger partial charge in [-0.1, -0.05) is 12.1 Å². The van der Waals surface area contributed by atoms with Crippen LogP contribution in [0, 0.1) is 5.41 Å². The smallest absolute Gasteiger partial charge is 0.0547 e. The summed E-state index contributed by atoms with van der Waals surface area (Å²) < 4.78 is 0.841. The fraction of sp³-hybridized carbons (Fsp3) is 0. The molecule has 0 aliphatic rings. The van der Waals surface area contributed by atoms with Gasteiger partial charge in [-0.2, -0.15) is 0 Å². The van der Waals surface area contributed by atoms with Crippen LogP contribution in [0.15, 0.2) is 22.7 Å². The zero-order valence-corrected chi connectivity index (χ0v) is 6.85. The summed E-state index contributed by atoms with van der Waals surface area (Å²) in [7, 11) is 0. The Balaban J connectivity index is 3.27. The largest absolute Gasteiger partial charge is 0.397 e. The van der Waals surface area contributed by atoms with Gasteiger partial charge in [0.2, 0.25) is 0 Å². The Kier molecular flexibility index (Phi) is 2.06. The van der Waals surface area contributed by atoms with Crippen LogP contribution in [0.2, 0.25) is 0 Å². The second-order valence-corrected chi connectivity index (χ2v) is 2.74. The van der Waals surface area contributed by atoms with E-state index in [9.17, 15) is 0 Å². The molecule has 0 aliphatic heterocycles. The molecule has 0 heterocycles. The Labute approximate surface area is 67.7 Å². The molecule has 10 heavy (non-hydrogen) atoms. The monoisotopic (exact) mass is 198 g/mol. The molecule has 0 amide bonds. The fourth-order valence-electron chi connectivity index (χ4n) is 0.680. The highest BCUT2D eigenvalue weighted by Crippen LogP contribution is 2.21. The van der Waals surface area contributed by atoms with E-state index in [-0.39, 0.29) is 0 Å². The molecule has 0 saturated carbocycles. The fourth-order valence-corrected chi connectivity index (χ4v) is 1.06. The van der Waals surface area contributed by atoms with E-state index < -0.39 is 0 Å². The number of rotatable bonds is 1. The van der Waals surface area contributed by atoms with Crippen molar-refractivity contribution < 1.29 is 0 Å². The average molecular weight is 199 g/mol. The van der Waals surface area contributed by atoms with Gasteiger partial charge in [0.25, 0.3) is 0 Å². The summed E-state index contributed by atoms with van der Waals surface area (Å²) >= 11 is 3.26. The maximum absolute atomic E-state index is 6.96. The van der Waals surface area contributed by atoms with E-state index in [2.05, 4.69) is 15.9 Å². The van der Waals surface area contributed by atoms with Crippen molar-refractivity contribution in [3.63, 3.8) is 0 Å². The number of halogens is 1. The Morgan fingerprint density at radius 1 is 1.50 bits per heavy atom. The van der Waals surface area contributed by atoms with E-state index >= 15 is 0 Å². The number of hydrogen-bond donors (Lipinski definition) is 2. The van der Waals surface area contributed by atoms with E-state index in [1.807, 2.05) is 12.1 Å². The number of nitrogens with two attached hydrogens (primary N) is 1. The molecule has 52 valence electrons. The minimum absolute atomic E-state index is 0.623. The van der Waals surface area contributed by atoms with E-state index in [1.54, 1.807) is 6.07 Å². The molecule has 0 aliphatic carbocycles. The first-order chi connectivity index (χ1) is 4.75. The lowest BCUT2D eigenvalue weighted by Gasteiger charge is -1.99. The summed E-state index contributed by atoms with van der Waals surface area (Å²) in [4.78, 5) is 0. The first-order valence-corrected chi connectivity index (χ1v) is 3.59.